The third-order valence-corrected chi connectivity index (χ3v) is 5.00. The number of nitrogens with zero attached hydrogens (tertiary/aromatic N) is 1. The Morgan fingerprint density at radius 1 is 1.04 bits per heavy atom. The molecule has 3 aromatic rings. The number of amides is 1. The topological polar surface area (TPSA) is 41.6 Å². The van der Waals surface area contributed by atoms with Gasteiger partial charge in [0.15, 0.2) is 0 Å². The first-order valence-electron chi connectivity index (χ1n) is 8.43. The van der Waals surface area contributed by atoms with Gasteiger partial charge in [0.05, 0.1) is 18.4 Å². The number of rotatable bonds is 5. The van der Waals surface area contributed by atoms with Gasteiger partial charge in [-0.2, -0.15) is 0 Å². The Labute approximate surface area is 161 Å². The molecule has 134 valence electrons. The monoisotopic (exact) mass is 412 g/mol. The number of carbonyl (C=O) groups excluding carboxylic acids is 1. The molecule has 0 aliphatic carbocycles. The van der Waals surface area contributed by atoms with E-state index in [9.17, 15) is 4.79 Å². The van der Waals surface area contributed by atoms with Gasteiger partial charge in [-0.15, -0.1) is 0 Å². The van der Waals surface area contributed by atoms with Crippen LogP contribution in [0.1, 0.15) is 24.2 Å². The van der Waals surface area contributed by atoms with Crippen molar-refractivity contribution in [3.63, 3.8) is 0 Å². The fourth-order valence-electron chi connectivity index (χ4n) is 2.83. The van der Waals surface area contributed by atoms with E-state index in [-0.39, 0.29) is 11.9 Å². The largest absolute Gasteiger partial charge is 0.496 e. The van der Waals surface area contributed by atoms with E-state index in [1.165, 1.54) is 0 Å². The van der Waals surface area contributed by atoms with Gasteiger partial charge in [0.1, 0.15) is 5.75 Å². The molecule has 0 bridgehead atoms. The molecule has 0 aliphatic heterocycles. The van der Waals surface area contributed by atoms with Crippen LogP contribution in [-0.4, -0.2) is 24.1 Å². The second-order valence-corrected chi connectivity index (χ2v) is 7.03. The minimum absolute atomic E-state index is 0.0351. The third kappa shape index (κ3) is 3.53. The van der Waals surface area contributed by atoms with E-state index in [4.69, 9.17) is 4.74 Å². The number of carbonyl (C=O) groups is 1. The van der Waals surface area contributed by atoms with Crippen LogP contribution in [0.15, 0.2) is 65.1 Å². The maximum absolute atomic E-state index is 13.3. The Morgan fingerprint density at radius 3 is 2.27 bits per heavy atom. The number of benzene rings is 3. The van der Waals surface area contributed by atoms with Crippen molar-refractivity contribution in [2.24, 2.45) is 0 Å². The molecule has 0 radical (unpaired) electrons. The molecule has 1 N–H and O–H groups in total. The first kappa shape index (κ1) is 18.3. The second-order valence-electron chi connectivity index (χ2n) is 6.23. The number of fused-ring (bicyclic) bond motifs is 1. The van der Waals surface area contributed by atoms with Gasteiger partial charge in [-0.3, -0.25) is 10.2 Å². The molecule has 3 rings (SSSR count). The van der Waals surface area contributed by atoms with Crippen molar-refractivity contribution < 1.29 is 9.53 Å². The van der Waals surface area contributed by atoms with E-state index in [1.54, 1.807) is 18.2 Å². The zero-order valence-corrected chi connectivity index (χ0v) is 16.6. The predicted molar refractivity (Wildman–Crippen MR) is 110 cm³/mol. The standard InChI is InChI=1S/C21H21BrN2O2/c1-14(2)24(23-15-9-5-4-6-10-15)21(25)18-13-19(26-3)16-11-7-8-12-17(16)20(18)22/h4-14,23H,1-3H3. The van der Waals surface area contributed by atoms with Crippen LogP contribution in [0.2, 0.25) is 0 Å². The van der Waals surface area contributed by atoms with Crippen molar-refractivity contribution in [1.29, 1.82) is 0 Å². The van der Waals surface area contributed by atoms with Crippen LogP contribution in [0.25, 0.3) is 10.8 Å². The molecule has 0 saturated heterocycles. The van der Waals surface area contributed by atoms with E-state index < -0.39 is 0 Å². The minimum Gasteiger partial charge on any atom is -0.496 e. The summed E-state index contributed by atoms with van der Waals surface area (Å²) in [5.74, 6) is 0.551. The molecule has 4 nitrogen and oxygen atoms in total. The van der Waals surface area contributed by atoms with Crippen LogP contribution in [0.3, 0.4) is 0 Å². The number of methoxy groups -OCH3 is 1. The Hall–Kier alpha value is -2.53. The number of halogens is 1. The summed E-state index contributed by atoms with van der Waals surface area (Å²) >= 11 is 3.62. The highest BCUT2D eigenvalue weighted by Crippen LogP contribution is 2.35. The molecule has 0 atom stereocenters. The number of hydrazine groups is 1. The number of hydrogen-bond donors (Lipinski definition) is 1. The Balaban J connectivity index is 2.05. The second kappa shape index (κ2) is 7.79. The van der Waals surface area contributed by atoms with Gasteiger partial charge in [-0.05, 0) is 48.0 Å². The number of para-hydroxylation sites is 1. The van der Waals surface area contributed by atoms with Crippen LogP contribution in [0.4, 0.5) is 5.69 Å². The van der Waals surface area contributed by atoms with Crippen LogP contribution in [0, 0.1) is 0 Å². The summed E-state index contributed by atoms with van der Waals surface area (Å²) in [7, 11) is 1.62. The average Bonchev–Trinajstić information content (AvgIpc) is 2.67. The van der Waals surface area contributed by atoms with Crippen molar-refractivity contribution in [2.45, 2.75) is 19.9 Å². The predicted octanol–water partition coefficient (Wildman–Crippen LogP) is 5.49. The van der Waals surface area contributed by atoms with E-state index in [1.807, 2.05) is 68.4 Å². The summed E-state index contributed by atoms with van der Waals surface area (Å²) in [6.07, 6.45) is 0. The lowest BCUT2D eigenvalue weighted by atomic mass is 10.0. The molecule has 0 saturated carbocycles. The molecule has 0 aliphatic rings. The molecule has 0 aromatic heterocycles. The maximum Gasteiger partial charge on any atom is 0.273 e. The van der Waals surface area contributed by atoms with Crippen molar-refractivity contribution >= 4 is 38.3 Å². The molecule has 26 heavy (non-hydrogen) atoms. The Bertz CT molecular complexity index is 926. The smallest absolute Gasteiger partial charge is 0.273 e. The summed E-state index contributed by atoms with van der Waals surface area (Å²) in [5.41, 5.74) is 4.62. The maximum atomic E-state index is 13.3. The van der Waals surface area contributed by atoms with Crippen molar-refractivity contribution in [1.82, 2.24) is 5.01 Å². The highest BCUT2D eigenvalue weighted by atomic mass is 79.9. The number of hydrogen-bond acceptors (Lipinski definition) is 3. The van der Waals surface area contributed by atoms with Gasteiger partial charge in [-0.25, -0.2) is 5.01 Å². The average molecular weight is 413 g/mol. The zero-order chi connectivity index (χ0) is 18.7. The number of ether oxygens (including phenoxy) is 1. The minimum atomic E-state index is -0.125. The van der Waals surface area contributed by atoms with Gasteiger partial charge >= 0.3 is 0 Å². The molecule has 1 amide bonds. The molecule has 3 aromatic carbocycles. The van der Waals surface area contributed by atoms with Crippen molar-refractivity contribution in [3.05, 3.63) is 70.7 Å². The summed E-state index contributed by atoms with van der Waals surface area (Å²) in [4.78, 5) is 13.3. The Morgan fingerprint density at radius 2 is 1.65 bits per heavy atom. The first-order valence-corrected chi connectivity index (χ1v) is 9.22. The molecule has 0 fully saturated rings. The fourth-order valence-corrected chi connectivity index (χ4v) is 3.46. The van der Waals surface area contributed by atoms with Crippen LogP contribution < -0.4 is 10.2 Å². The summed E-state index contributed by atoms with van der Waals surface area (Å²) in [5, 5.41) is 3.54. The SMILES string of the molecule is COc1cc(C(=O)N(Nc2ccccc2)C(C)C)c(Br)c2ccccc12. The van der Waals surface area contributed by atoms with E-state index in [0.717, 1.165) is 20.9 Å². The zero-order valence-electron chi connectivity index (χ0n) is 15.0. The van der Waals surface area contributed by atoms with Gasteiger partial charge in [0.25, 0.3) is 5.91 Å². The number of nitrogens with one attached hydrogen (secondary N) is 1. The molecule has 0 heterocycles. The molecule has 0 spiro atoms. The molecule has 5 heteroatoms. The highest BCUT2D eigenvalue weighted by Gasteiger charge is 2.23. The van der Waals surface area contributed by atoms with Crippen LogP contribution in [0.5, 0.6) is 5.75 Å². The van der Waals surface area contributed by atoms with Crippen molar-refractivity contribution in [3.8, 4) is 5.75 Å². The fraction of sp³-hybridized carbons (Fsp3) is 0.190. The summed E-state index contributed by atoms with van der Waals surface area (Å²) in [6.45, 7) is 3.94. The summed E-state index contributed by atoms with van der Waals surface area (Å²) in [6, 6.07) is 19.3. The van der Waals surface area contributed by atoms with Gasteiger partial charge in [-0.1, -0.05) is 42.5 Å². The van der Waals surface area contributed by atoms with Crippen LogP contribution in [-0.2, 0) is 0 Å². The Kier molecular flexibility index (Phi) is 5.47. The van der Waals surface area contributed by atoms with Crippen molar-refractivity contribution in [2.75, 3.05) is 12.5 Å². The molecular weight excluding hydrogens is 392 g/mol. The molecule has 0 unspecified atom stereocenters. The summed E-state index contributed by atoms with van der Waals surface area (Å²) < 4.78 is 6.28. The van der Waals surface area contributed by atoms with Gasteiger partial charge < -0.3 is 4.74 Å². The van der Waals surface area contributed by atoms with Gasteiger partial charge in [0.2, 0.25) is 0 Å². The first-order chi connectivity index (χ1) is 12.5. The quantitative estimate of drug-likeness (QED) is 0.563. The lowest BCUT2D eigenvalue weighted by Crippen LogP contribution is -2.41. The van der Waals surface area contributed by atoms with E-state index in [2.05, 4.69) is 21.4 Å². The van der Waals surface area contributed by atoms with E-state index in [0.29, 0.717) is 11.3 Å². The lowest BCUT2D eigenvalue weighted by Gasteiger charge is -2.29. The third-order valence-electron chi connectivity index (χ3n) is 4.15. The lowest BCUT2D eigenvalue weighted by molar-refractivity contribution is 0.0751. The molecular formula is C21H21BrN2O2. The highest BCUT2D eigenvalue weighted by molar-refractivity contribution is 9.10. The van der Waals surface area contributed by atoms with E-state index >= 15 is 0 Å². The van der Waals surface area contributed by atoms with Gasteiger partial charge in [0, 0.05) is 21.3 Å². The number of anilines is 1. The normalized spacial score (nSPS) is 10.8. The van der Waals surface area contributed by atoms with Crippen LogP contribution >= 0.6 is 15.9 Å².